The Morgan fingerprint density at radius 2 is 2.00 bits per heavy atom. The van der Waals surface area contributed by atoms with E-state index >= 15 is 0 Å². The maximum absolute atomic E-state index is 12.1. The number of aromatic nitrogens is 2. The molecule has 128 valence electrons. The van der Waals surface area contributed by atoms with Crippen molar-refractivity contribution in [2.75, 3.05) is 5.32 Å². The molecule has 1 fully saturated rings. The minimum Gasteiger partial charge on any atom is -0.345 e. The molecular formula is C18H24N4O2. The first-order valence-corrected chi connectivity index (χ1v) is 8.60. The standard InChI is InChI=1S/C18H24N4O2/c1-11(19-12(2)23)18(24)20-14-8-9-15-16(10-14)22-17(21-15)13-6-4-3-5-7-13/h8-11,13H,3-7H2,1-2H3,(H,19,23)(H,20,24)(H,21,22). The van der Waals surface area contributed by atoms with E-state index in [9.17, 15) is 9.59 Å². The lowest BCUT2D eigenvalue weighted by molar-refractivity contribution is -0.124. The summed E-state index contributed by atoms with van der Waals surface area (Å²) < 4.78 is 0. The summed E-state index contributed by atoms with van der Waals surface area (Å²) in [5, 5.41) is 5.40. The molecule has 0 aliphatic heterocycles. The molecule has 0 bridgehead atoms. The normalized spacial score (nSPS) is 16.8. The van der Waals surface area contributed by atoms with E-state index in [4.69, 9.17) is 4.98 Å². The summed E-state index contributed by atoms with van der Waals surface area (Å²) in [7, 11) is 0. The van der Waals surface area contributed by atoms with Crippen molar-refractivity contribution in [3.8, 4) is 0 Å². The van der Waals surface area contributed by atoms with Crippen molar-refractivity contribution in [2.24, 2.45) is 0 Å². The van der Waals surface area contributed by atoms with Gasteiger partial charge in [-0.05, 0) is 38.0 Å². The lowest BCUT2D eigenvalue weighted by Crippen LogP contribution is -2.40. The Morgan fingerprint density at radius 3 is 2.71 bits per heavy atom. The molecule has 1 heterocycles. The van der Waals surface area contributed by atoms with Crippen LogP contribution in [0, 0.1) is 0 Å². The van der Waals surface area contributed by atoms with Crippen molar-refractivity contribution in [1.82, 2.24) is 15.3 Å². The highest BCUT2D eigenvalue weighted by Gasteiger charge is 2.19. The molecule has 6 nitrogen and oxygen atoms in total. The van der Waals surface area contributed by atoms with Crippen LogP contribution in [0.15, 0.2) is 18.2 Å². The van der Waals surface area contributed by atoms with E-state index < -0.39 is 6.04 Å². The quantitative estimate of drug-likeness (QED) is 0.806. The van der Waals surface area contributed by atoms with Gasteiger partial charge in [0.2, 0.25) is 11.8 Å². The number of nitrogens with one attached hydrogen (secondary N) is 3. The number of aromatic amines is 1. The monoisotopic (exact) mass is 328 g/mol. The van der Waals surface area contributed by atoms with Gasteiger partial charge in [-0.15, -0.1) is 0 Å². The Hall–Kier alpha value is -2.37. The second-order valence-corrected chi connectivity index (χ2v) is 6.60. The molecule has 1 aliphatic rings. The summed E-state index contributed by atoms with van der Waals surface area (Å²) in [5.41, 5.74) is 2.55. The number of benzene rings is 1. The van der Waals surface area contributed by atoms with Crippen LogP contribution in [0.4, 0.5) is 5.69 Å². The third kappa shape index (κ3) is 3.75. The minimum atomic E-state index is -0.572. The Morgan fingerprint density at radius 1 is 1.25 bits per heavy atom. The van der Waals surface area contributed by atoms with Crippen molar-refractivity contribution in [2.45, 2.75) is 57.9 Å². The van der Waals surface area contributed by atoms with E-state index in [0.717, 1.165) is 16.9 Å². The number of carbonyl (C=O) groups excluding carboxylic acids is 2. The van der Waals surface area contributed by atoms with Gasteiger partial charge in [0.1, 0.15) is 11.9 Å². The van der Waals surface area contributed by atoms with Crippen LogP contribution in [-0.4, -0.2) is 27.8 Å². The van der Waals surface area contributed by atoms with Crippen molar-refractivity contribution in [3.05, 3.63) is 24.0 Å². The number of amides is 2. The number of nitrogens with zero attached hydrogens (tertiary/aromatic N) is 1. The number of imidazole rings is 1. The number of carbonyl (C=O) groups is 2. The summed E-state index contributed by atoms with van der Waals surface area (Å²) in [4.78, 5) is 31.2. The van der Waals surface area contributed by atoms with Crippen molar-refractivity contribution < 1.29 is 9.59 Å². The Bertz CT molecular complexity index is 747. The van der Waals surface area contributed by atoms with Gasteiger partial charge in [-0.3, -0.25) is 9.59 Å². The van der Waals surface area contributed by atoms with Crippen LogP contribution in [0.5, 0.6) is 0 Å². The molecule has 1 saturated carbocycles. The molecule has 1 aromatic heterocycles. The van der Waals surface area contributed by atoms with Gasteiger partial charge in [-0.25, -0.2) is 4.98 Å². The predicted octanol–water partition coefficient (Wildman–Crippen LogP) is 3.07. The van der Waals surface area contributed by atoms with Crippen LogP contribution in [0.25, 0.3) is 11.0 Å². The fraction of sp³-hybridized carbons (Fsp3) is 0.500. The molecule has 3 N–H and O–H groups in total. The molecular weight excluding hydrogens is 304 g/mol. The molecule has 6 heteroatoms. The van der Waals surface area contributed by atoms with Crippen molar-refractivity contribution in [1.29, 1.82) is 0 Å². The zero-order valence-electron chi connectivity index (χ0n) is 14.2. The Labute approximate surface area is 141 Å². The number of hydrogen-bond donors (Lipinski definition) is 3. The molecule has 0 spiro atoms. The smallest absolute Gasteiger partial charge is 0.246 e. The van der Waals surface area contributed by atoms with E-state index in [-0.39, 0.29) is 11.8 Å². The lowest BCUT2D eigenvalue weighted by atomic mass is 9.89. The fourth-order valence-corrected chi connectivity index (χ4v) is 3.30. The van der Waals surface area contributed by atoms with Crippen LogP contribution in [0.1, 0.15) is 57.7 Å². The summed E-state index contributed by atoms with van der Waals surface area (Å²) in [6.07, 6.45) is 6.24. The summed E-state index contributed by atoms with van der Waals surface area (Å²) >= 11 is 0. The third-order valence-electron chi connectivity index (χ3n) is 4.57. The molecule has 1 aliphatic carbocycles. The Balaban J connectivity index is 1.73. The second kappa shape index (κ2) is 7.03. The zero-order chi connectivity index (χ0) is 17.1. The number of fused-ring (bicyclic) bond motifs is 1. The van der Waals surface area contributed by atoms with Gasteiger partial charge < -0.3 is 15.6 Å². The first-order valence-electron chi connectivity index (χ1n) is 8.60. The lowest BCUT2D eigenvalue weighted by Gasteiger charge is -2.18. The third-order valence-corrected chi connectivity index (χ3v) is 4.57. The van der Waals surface area contributed by atoms with E-state index in [1.807, 2.05) is 18.2 Å². The summed E-state index contributed by atoms with van der Waals surface area (Å²) in [6, 6.07) is 5.08. The summed E-state index contributed by atoms with van der Waals surface area (Å²) in [6.45, 7) is 3.06. The average Bonchev–Trinajstić information content (AvgIpc) is 2.98. The van der Waals surface area contributed by atoms with Gasteiger partial charge in [0.05, 0.1) is 11.0 Å². The van der Waals surface area contributed by atoms with Crippen LogP contribution in [-0.2, 0) is 9.59 Å². The van der Waals surface area contributed by atoms with Gasteiger partial charge in [-0.2, -0.15) is 0 Å². The van der Waals surface area contributed by atoms with Crippen LogP contribution >= 0.6 is 0 Å². The molecule has 1 atom stereocenters. The highest BCUT2D eigenvalue weighted by molar-refractivity contribution is 5.97. The Kier molecular flexibility index (Phi) is 4.83. The molecule has 0 saturated heterocycles. The van der Waals surface area contributed by atoms with Crippen LogP contribution < -0.4 is 10.6 Å². The molecule has 3 rings (SSSR count). The largest absolute Gasteiger partial charge is 0.345 e. The van der Waals surface area contributed by atoms with E-state index in [1.165, 1.54) is 39.0 Å². The number of rotatable bonds is 4. The topological polar surface area (TPSA) is 86.9 Å². The first kappa shape index (κ1) is 16.5. The van der Waals surface area contributed by atoms with Gasteiger partial charge in [0.25, 0.3) is 0 Å². The molecule has 2 amide bonds. The maximum Gasteiger partial charge on any atom is 0.246 e. The zero-order valence-corrected chi connectivity index (χ0v) is 14.2. The number of hydrogen-bond acceptors (Lipinski definition) is 3. The van der Waals surface area contributed by atoms with Crippen LogP contribution in [0.3, 0.4) is 0 Å². The highest BCUT2D eigenvalue weighted by atomic mass is 16.2. The highest BCUT2D eigenvalue weighted by Crippen LogP contribution is 2.32. The average molecular weight is 328 g/mol. The van der Waals surface area contributed by atoms with Gasteiger partial charge in [0.15, 0.2) is 0 Å². The van der Waals surface area contributed by atoms with Gasteiger partial charge >= 0.3 is 0 Å². The SMILES string of the molecule is CC(=O)NC(C)C(=O)Nc1ccc2nc(C3CCCCC3)[nH]c2c1. The van der Waals surface area contributed by atoms with E-state index in [0.29, 0.717) is 11.6 Å². The molecule has 1 unspecified atom stereocenters. The van der Waals surface area contributed by atoms with E-state index in [1.54, 1.807) is 6.92 Å². The fourth-order valence-electron chi connectivity index (χ4n) is 3.30. The van der Waals surface area contributed by atoms with Gasteiger partial charge in [0, 0.05) is 18.5 Å². The van der Waals surface area contributed by atoms with Crippen molar-refractivity contribution in [3.63, 3.8) is 0 Å². The number of H-pyrrole nitrogens is 1. The molecule has 0 radical (unpaired) electrons. The van der Waals surface area contributed by atoms with Crippen LogP contribution in [0.2, 0.25) is 0 Å². The van der Waals surface area contributed by atoms with E-state index in [2.05, 4.69) is 15.6 Å². The van der Waals surface area contributed by atoms with Gasteiger partial charge in [-0.1, -0.05) is 19.3 Å². The molecule has 24 heavy (non-hydrogen) atoms. The minimum absolute atomic E-state index is 0.223. The molecule has 2 aromatic rings. The molecule has 1 aromatic carbocycles. The first-order chi connectivity index (χ1) is 11.5. The maximum atomic E-state index is 12.1. The van der Waals surface area contributed by atoms with Crippen molar-refractivity contribution >= 4 is 28.5 Å². The number of anilines is 1. The second-order valence-electron chi connectivity index (χ2n) is 6.60. The predicted molar refractivity (Wildman–Crippen MR) is 93.8 cm³/mol. The summed E-state index contributed by atoms with van der Waals surface area (Å²) in [5.74, 6) is 1.11.